The van der Waals surface area contributed by atoms with Crippen molar-refractivity contribution in [2.45, 2.75) is 71.8 Å². The predicted octanol–water partition coefficient (Wildman–Crippen LogP) is 6.17. The maximum Gasteiger partial charge on any atom is 0.257 e. The largest absolute Gasteiger partial charge is 0.360 e. The normalized spacial score (nSPS) is 37.7. The van der Waals surface area contributed by atoms with E-state index in [0.717, 1.165) is 24.8 Å². The minimum atomic E-state index is -0.147. The molecule has 1 amide bonds. The molecule has 0 atom stereocenters. The van der Waals surface area contributed by atoms with Crippen molar-refractivity contribution in [2.75, 3.05) is 0 Å². The van der Waals surface area contributed by atoms with Gasteiger partial charge in [-0.2, -0.15) is 0 Å². The Morgan fingerprint density at radius 2 is 1.55 bits per heavy atom. The molecule has 0 saturated heterocycles. The summed E-state index contributed by atoms with van der Waals surface area (Å²) in [5.74, 6) is 0.446. The van der Waals surface area contributed by atoms with E-state index in [1.165, 1.54) is 19.3 Å². The first-order valence-corrected chi connectivity index (χ1v) is 11.0. The number of carbonyl (C=O) groups excluding carboxylic acids is 1. The third kappa shape index (κ3) is 3.02. The Morgan fingerprint density at radius 1 is 1.00 bits per heavy atom. The van der Waals surface area contributed by atoms with Crippen LogP contribution in [0.5, 0.6) is 0 Å². The zero-order valence-corrected chi connectivity index (χ0v) is 18.4. The van der Waals surface area contributed by atoms with Gasteiger partial charge in [0, 0.05) is 11.1 Å². The highest BCUT2D eigenvalue weighted by Gasteiger charge is 2.64. The minimum Gasteiger partial charge on any atom is -0.360 e. The number of hydrogen-bond acceptors (Lipinski definition) is 3. The summed E-state index contributed by atoms with van der Waals surface area (Å²) in [5, 5.41) is 8.24. The van der Waals surface area contributed by atoms with Crippen molar-refractivity contribution in [3.63, 3.8) is 0 Å². The fourth-order valence-electron chi connectivity index (χ4n) is 8.20. The number of benzene rings is 1. The van der Waals surface area contributed by atoms with Gasteiger partial charge in [0.25, 0.3) is 5.91 Å². The first kappa shape index (κ1) is 19.2. The van der Waals surface area contributed by atoms with Crippen LogP contribution in [0.3, 0.4) is 0 Å². The molecule has 1 aromatic heterocycles. The van der Waals surface area contributed by atoms with Crippen LogP contribution in [-0.4, -0.2) is 16.6 Å². The molecule has 0 unspecified atom stereocenters. The van der Waals surface area contributed by atoms with Gasteiger partial charge < -0.3 is 9.84 Å². The van der Waals surface area contributed by atoms with Crippen molar-refractivity contribution in [1.82, 2.24) is 10.5 Å². The van der Waals surface area contributed by atoms with E-state index in [1.54, 1.807) is 6.92 Å². The molecule has 4 bridgehead atoms. The molecule has 4 nitrogen and oxygen atoms in total. The first-order valence-electron chi connectivity index (χ1n) is 10.6. The average molecular weight is 413 g/mol. The molecule has 6 rings (SSSR count). The number of carbonyl (C=O) groups is 1. The van der Waals surface area contributed by atoms with E-state index in [-0.39, 0.29) is 11.4 Å². The smallest absolute Gasteiger partial charge is 0.257 e. The maximum atomic E-state index is 13.6. The van der Waals surface area contributed by atoms with Crippen LogP contribution in [-0.2, 0) is 0 Å². The van der Waals surface area contributed by atoms with Gasteiger partial charge in [0.2, 0.25) is 0 Å². The molecule has 29 heavy (non-hydrogen) atoms. The summed E-state index contributed by atoms with van der Waals surface area (Å²) in [6.45, 7) is 9.05. The number of aromatic nitrogens is 1. The van der Waals surface area contributed by atoms with Crippen molar-refractivity contribution in [2.24, 2.45) is 16.2 Å². The summed E-state index contributed by atoms with van der Waals surface area (Å²) in [4.78, 5) is 13.6. The second kappa shape index (κ2) is 5.87. The Bertz CT molecular complexity index is 957. The molecule has 1 aromatic carbocycles. The van der Waals surface area contributed by atoms with Crippen LogP contribution in [0.15, 0.2) is 28.8 Å². The van der Waals surface area contributed by atoms with Gasteiger partial charge in [-0.3, -0.25) is 4.79 Å². The highest BCUT2D eigenvalue weighted by atomic mass is 35.5. The number of halogens is 1. The molecule has 0 aliphatic heterocycles. The third-order valence-electron chi connectivity index (χ3n) is 7.45. The van der Waals surface area contributed by atoms with Crippen LogP contribution < -0.4 is 5.32 Å². The second-order valence-corrected chi connectivity index (χ2v) is 11.6. The topological polar surface area (TPSA) is 55.1 Å². The second-order valence-electron chi connectivity index (χ2n) is 11.2. The number of hydrogen-bond donors (Lipinski definition) is 1. The molecule has 2 aromatic rings. The SMILES string of the molecule is Cc1onc(-c2ccccc2Cl)c1C(=O)NC12CC3(C)CC(C)(CC(C)(C3)C1)C2. The van der Waals surface area contributed by atoms with E-state index < -0.39 is 0 Å². The molecule has 4 aliphatic carbocycles. The van der Waals surface area contributed by atoms with Crippen LogP contribution in [0.25, 0.3) is 11.3 Å². The van der Waals surface area contributed by atoms with Gasteiger partial charge in [0.15, 0.2) is 0 Å². The van der Waals surface area contributed by atoms with Gasteiger partial charge in [0.1, 0.15) is 17.0 Å². The Morgan fingerprint density at radius 3 is 2.10 bits per heavy atom. The maximum absolute atomic E-state index is 13.6. The fraction of sp³-hybridized carbons (Fsp3) is 0.583. The van der Waals surface area contributed by atoms with Gasteiger partial charge in [-0.25, -0.2) is 0 Å². The standard InChI is InChI=1S/C24H29ClN2O2/c1-15-18(19(27-29-15)16-7-5-6-8-17(16)25)20(28)26-24-12-21(2)9-22(3,13-24)11-23(4,10-21)14-24/h5-8H,9-14H2,1-4H3,(H,26,28). The van der Waals surface area contributed by atoms with Crippen LogP contribution in [0.2, 0.25) is 5.02 Å². The van der Waals surface area contributed by atoms with Crippen molar-refractivity contribution in [3.8, 4) is 11.3 Å². The van der Waals surface area contributed by atoms with Crippen LogP contribution in [0.4, 0.5) is 0 Å². The first-order chi connectivity index (χ1) is 13.5. The van der Waals surface area contributed by atoms with E-state index in [0.29, 0.717) is 38.3 Å². The van der Waals surface area contributed by atoms with Gasteiger partial charge in [-0.05, 0) is 67.8 Å². The van der Waals surface area contributed by atoms with Crippen molar-refractivity contribution in [1.29, 1.82) is 0 Å². The molecular weight excluding hydrogens is 384 g/mol. The highest BCUT2D eigenvalue weighted by molar-refractivity contribution is 6.33. The summed E-state index contributed by atoms with van der Waals surface area (Å²) in [6, 6.07) is 7.46. The molecule has 4 saturated carbocycles. The monoisotopic (exact) mass is 412 g/mol. The zero-order valence-electron chi connectivity index (χ0n) is 17.7. The number of rotatable bonds is 3. The Kier molecular flexibility index (Phi) is 3.88. The Hall–Kier alpha value is -1.81. The van der Waals surface area contributed by atoms with Gasteiger partial charge in [-0.1, -0.05) is 55.7 Å². The van der Waals surface area contributed by atoms with Gasteiger partial charge in [-0.15, -0.1) is 0 Å². The van der Waals surface area contributed by atoms with Crippen molar-refractivity contribution < 1.29 is 9.32 Å². The van der Waals surface area contributed by atoms with E-state index in [9.17, 15) is 4.79 Å². The van der Waals surface area contributed by atoms with Crippen molar-refractivity contribution in [3.05, 3.63) is 40.6 Å². The molecule has 4 fully saturated rings. The lowest BCUT2D eigenvalue weighted by Crippen LogP contribution is -2.67. The zero-order chi connectivity index (χ0) is 20.7. The highest BCUT2D eigenvalue weighted by Crippen LogP contribution is 2.70. The molecule has 154 valence electrons. The number of amides is 1. The quantitative estimate of drug-likeness (QED) is 0.655. The molecule has 1 heterocycles. The molecule has 0 spiro atoms. The van der Waals surface area contributed by atoms with E-state index in [1.807, 2.05) is 24.3 Å². The van der Waals surface area contributed by atoms with Crippen LogP contribution >= 0.6 is 11.6 Å². The van der Waals surface area contributed by atoms with Gasteiger partial charge in [0.05, 0.1) is 5.02 Å². The van der Waals surface area contributed by atoms with Gasteiger partial charge >= 0.3 is 0 Å². The number of aryl methyl sites for hydroxylation is 1. The Balaban J connectivity index is 1.51. The Labute approximate surface area is 177 Å². The third-order valence-corrected chi connectivity index (χ3v) is 7.78. The van der Waals surface area contributed by atoms with Crippen LogP contribution in [0, 0.1) is 23.2 Å². The van der Waals surface area contributed by atoms with Crippen molar-refractivity contribution >= 4 is 17.5 Å². The lowest BCUT2D eigenvalue weighted by atomic mass is 9.38. The summed E-state index contributed by atoms with van der Waals surface area (Å²) >= 11 is 6.39. The number of nitrogens with one attached hydrogen (secondary N) is 1. The summed E-state index contributed by atoms with van der Waals surface area (Å²) in [5.41, 5.74) is 2.54. The lowest BCUT2D eigenvalue weighted by molar-refractivity contribution is -0.154. The molecule has 5 heteroatoms. The lowest BCUT2D eigenvalue weighted by Gasteiger charge is -2.69. The summed E-state index contributed by atoms with van der Waals surface area (Å²) < 4.78 is 5.44. The molecule has 0 radical (unpaired) electrons. The number of nitrogens with zero attached hydrogens (tertiary/aromatic N) is 1. The summed E-state index contributed by atoms with van der Waals surface area (Å²) in [7, 11) is 0. The molecule has 1 N–H and O–H groups in total. The predicted molar refractivity (Wildman–Crippen MR) is 114 cm³/mol. The summed E-state index contributed by atoms with van der Waals surface area (Å²) in [6.07, 6.45) is 6.98. The minimum absolute atomic E-state index is 0.0866. The average Bonchev–Trinajstić information content (AvgIpc) is 2.91. The van der Waals surface area contributed by atoms with Crippen LogP contribution in [0.1, 0.15) is 75.4 Å². The van der Waals surface area contributed by atoms with E-state index in [4.69, 9.17) is 16.1 Å². The fourth-order valence-corrected chi connectivity index (χ4v) is 8.43. The van der Waals surface area contributed by atoms with E-state index in [2.05, 4.69) is 31.2 Å². The van der Waals surface area contributed by atoms with E-state index >= 15 is 0 Å². The molecule has 4 aliphatic rings. The molecular formula is C24H29ClN2O2.